The average molecular weight is 526 g/mol. The lowest BCUT2D eigenvalue weighted by Crippen LogP contribution is -2.31. The zero-order valence-corrected chi connectivity index (χ0v) is 21.4. The fourth-order valence-corrected chi connectivity index (χ4v) is 5.45. The number of carbonyl (C=O) groups is 2. The Morgan fingerprint density at radius 3 is 2.65 bits per heavy atom. The van der Waals surface area contributed by atoms with Crippen LogP contribution in [0.3, 0.4) is 0 Å². The van der Waals surface area contributed by atoms with Gasteiger partial charge in [-0.1, -0.05) is 84.1 Å². The molecule has 0 radical (unpaired) electrons. The highest BCUT2D eigenvalue weighted by atomic mass is 35.5. The van der Waals surface area contributed by atoms with E-state index in [4.69, 9.17) is 23.8 Å². The zero-order chi connectivity index (χ0) is 24.1. The highest BCUT2D eigenvalue weighted by molar-refractivity contribution is 8.26. The summed E-state index contributed by atoms with van der Waals surface area (Å²) in [6, 6.07) is 17.2. The second-order valence-corrected chi connectivity index (χ2v) is 10.4. The van der Waals surface area contributed by atoms with Gasteiger partial charge in [-0.05, 0) is 36.3 Å². The first kappa shape index (κ1) is 24.3. The van der Waals surface area contributed by atoms with Gasteiger partial charge in [0, 0.05) is 28.9 Å². The minimum Gasteiger partial charge on any atom is -0.302 e. The second-order valence-electron chi connectivity index (χ2n) is 7.48. The Morgan fingerprint density at radius 1 is 1.18 bits per heavy atom. The predicted octanol–water partition coefficient (Wildman–Crippen LogP) is 6.64. The maximum Gasteiger partial charge on any atom is 0.266 e. The number of aromatic nitrogens is 1. The number of hydrogen-bond acceptors (Lipinski definition) is 6. The Hall–Kier alpha value is -2.78. The summed E-state index contributed by atoms with van der Waals surface area (Å²) in [5.74, 6) is -0.405. The van der Waals surface area contributed by atoms with Gasteiger partial charge in [0.1, 0.15) is 4.32 Å². The number of thioether (sulfide) groups is 1. The molecule has 34 heavy (non-hydrogen) atoms. The van der Waals surface area contributed by atoms with E-state index in [2.05, 4.69) is 10.3 Å². The number of nitrogens with one attached hydrogen (secondary N) is 1. The van der Waals surface area contributed by atoms with Crippen LogP contribution in [-0.4, -0.2) is 32.6 Å². The smallest absolute Gasteiger partial charge is 0.266 e. The maximum atomic E-state index is 12.8. The van der Waals surface area contributed by atoms with Gasteiger partial charge in [0.05, 0.1) is 10.6 Å². The largest absolute Gasteiger partial charge is 0.302 e. The SMILES string of the molecule is CC(=Cc1ccccc1)C=C1SC(=S)N(CCC(=O)Nc2nc(-c3ccc(Cl)cc3)cs2)C1=O. The number of carbonyl (C=O) groups excluding carboxylic acids is 2. The fraction of sp³-hybridized carbons (Fsp3) is 0.120. The molecule has 4 rings (SSSR count). The number of allylic oxidation sites excluding steroid dienone is 2. The Bertz CT molecular complexity index is 1280. The van der Waals surface area contributed by atoms with Crippen LogP contribution in [0, 0.1) is 0 Å². The first-order valence-electron chi connectivity index (χ1n) is 10.4. The van der Waals surface area contributed by atoms with Crippen molar-refractivity contribution < 1.29 is 9.59 Å². The highest BCUT2D eigenvalue weighted by Crippen LogP contribution is 2.32. The summed E-state index contributed by atoms with van der Waals surface area (Å²) in [5, 5.41) is 5.83. The van der Waals surface area contributed by atoms with Gasteiger partial charge in [-0.15, -0.1) is 11.3 Å². The van der Waals surface area contributed by atoms with Crippen LogP contribution in [0.5, 0.6) is 0 Å². The van der Waals surface area contributed by atoms with E-state index in [0.717, 1.165) is 22.4 Å². The standard InChI is InChI=1S/C25H20ClN3O2S3/c1-16(13-17-5-3-2-4-6-17)14-21-23(31)29(25(32)34-21)12-11-22(30)28-24-27-20(15-33-24)18-7-9-19(26)10-8-18/h2-10,13-15H,11-12H2,1H3,(H,27,28,30). The number of rotatable bonds is 7. The van der Waals surface area contributed by atoms with Gasteiger partial charge in [0.2, 0.25) is 5.91 Å². The molecule has 5 nitrogen and oxygen atoms in total. The number of benzene rings is 2. The van der Waals surface area contributed by atoms with Crippen molar-refractivity contribution >= 4 is 74.3 Å². The van der Waals surface area contributed by atoms with E-state index in [0.29, 0.717) is 19.4 Å². The van der Waals surface area contributed by atoms with Crippen LogP contribution in [0.25, 0.3) is 17.3 Å². The number of nitrogens with zero attached hydrogens (tertiary/aromatic N) is 2. The highest BCUT2D eigenvalue weighted by Gasteiger charge is 2.32. The first-order chi connectivity index (χ1) is 16.4. The van der Waals surface area contributed by atoms with E-state index < -0.39 is 0 Å². The summed E-state index contributed by atoms with van der Waals surface area (Å²) in [4.78, 5) is 31.8. The lowest BCUT2D eigenvalue weighted by Gasteiger charge is -2.13. The molecule has 0 spiro atoms. The van der Waals surface area contributed by atoms with Gasteiger partial charge < -0.3 is 5.32 Å². The summed E-state index contributed by atoms with van der Waals surface area (Å²) < 4.78 is 0.454. The molecule has 0 atom stereocenters. The van der Waals surface area contributed by atoms with E-state index >= 15 is 0 Å². The molecule has 1 aromatic heterocycles. The van der Waals surface area contributed by atoms with Gasteiger partial charge >= 0.3 is 0 Å². The molecular formula is C25H20ClN3O2S3. The summed E-state index contributed by atoms with van der Waals surface area (Å²) in [7, 11) is 0. The Morgan fingerprint density at radius 2 is 1.91 bits per heavy atom. The topological polar surface area (TPSA) is 62.3 Å². The van der Waals surface area contributed by atoms with Crippen molar-refractivity contribution in [2.75, 3.05) is 11.9 Å². The number of halogens is 1. The lowest BCUT2D eigenvalue weighted by atomic mass is 10.1. The normalized spacial score (nSPS) is 15.3. The number of hydrogen-bond donors (Lipinski definition) is 1. The van der Waals surface area contributed by atoms with Crippen molar-refractivity contribution in [1.29, 1.82) is 0 Å². The van der Waals surface area contributed by atoms with Crippen LogP contribution in [0.1, 0.15) is 18.9 Å². The van der Waals surface area contributed by atoms with E-state index in [9.17, 15) is 9.59 Å². The van der Waals surface area contributed by atoms with Crippen molar-refractivity contribution in [1.82, 2.24) is 9.88 Å². The van der Waals surface area contributed by atoms with Gasteiger partial charge in [0.15, 0.2) is 5.13 Å². The summed E-state index contributed by atoms with van der Waals surface area (Å²) in [5.41, 5.74) is 3.69. The minimum atomic E-state index is -0.227. The monoisotopic (exact) mass is 525 g/mol. The third-order valence-electron chi connectivity index (χ3n) is 4.88. The molecule has 2 heterocycles. The van der Waals surface area contributed by atoms with E-state index in [1.807, 2.05) is 66.9 Å². The van der Waals surface area contributed by atoms with Crippen LogP contribution in [0.4, 0.5) is 5.13 Å². The molecule has 2 amide bonds. The predicted molar refractivity (Wildman–Crippen MR) is 146 cm³/mol. The van der Waals surface area contributed by atoms with E-state index in [-0.39, 0.29) is 24.8 Å². The molecule has 1 N–H and O–H groups in total. The molecular weight excluding hydrogens is 506 g/mol. The Labute approximate surface area is 216 Å². The van der Waals surface area contributed by atoms with Crippen LogP contribution in [0.2, 0.25) is 5.02 Å². The molecule has 1 aliphatic rings. The molecule has 1 saturated heterocycles. The molecule has 3 aromatic rings. The van der Waals surface area contributed by atoms with Crippen LogP contribution < -0.4 is 5.32 Å². The van der Waals surface area contributed by atoms with Crippen molar-refractivity contribution in [3.63, 3.8) is 0 Å². The van der Waals surface area contributed by atoms with Crippen LogP contribution >= 0.6 is 46.9 Å². The van der Waals surface area contributed by atoms with Crippen molar-refractivity contribution in [3.8, 4) is 11.3 Å². The van der Waals surface area contributed by atoms with Gasteiger partial charge in [-0.25, -0.2) is 4.98 Å². The molecule has 0 bridgehead atoms. The quantitative estimate of drug-likeness (QED) is 0.277. The minimum absolute atomic E-state index is 0.119. The average Bonchev–Trinajstić information content (AvgIpc) is 3.37. The molecule has 1 fully saturated rings. The van der Waals surface area contributed by atoms with E-state index in [1.165, 1.54) is 28.0 Å². The van der Waals surface area contributed by atoms with Crippen molar-refractivity contribution in [2.24, 2.45) is 0 Å². The summed E-state index contributed by atoms with van der Waals surface area (Å²) in [6.07, 6.45) is 3.96. The number of thiocarbonyl (C=S) groups is 1. The Kier molecular flexibility index (Phi) is 7.95. The number of anilines is 1. The molecule has 1 aliphatic heterocycles. The fourth-order valence-electron chi connectivity index (χ4n) is 3.23. The molecule has 9 heteroatoms. The third-order valence-corrected chi connectivity index (χ3v) is 7.27. The third kappa shape index (κ3) is 6.21. The van der Waals surface area contributed by atoms with Gasteiger partial charge in [-0.2, -0.15) is 0 Å². The molecule has 172 valence electrons. The lowest BCUT2D eigenvalue weighted by molar-refractivity contribution is -0.122. The van der Waals surface area contributed by atoms with Crippen LogP contribution in [0.15, 0.2) is 76.5 Å². The number of amides is 2. The maximum absolute atomic E-state index is 12.8. The molecule has 2 aromatic carbocycles. The Balaban J connectivity index is 1.33. The second kappa shape index (κ2) is 11.1. The molecule has 0 saturated carbocycles. The molecule has 0 aliphatic carbocycles. The van der Waals surface area contributed by atoms with Crippen LogP contribution in [-0.2, 0) is 9.59 Å². The van der Waals surface area contributed by atoms with Crippen molar-refractivity contribution in [3.05, 3.63) is 87.1 Å². The number of thiazole rings is 1. The van der Waals surface area contributed by atoms with Gasteiger partial charge in [0.25, 0.3) is 5.91 Å². The first-order valence-corrected chi connectivity index (χ1v) is 12.9. The van der Waals surface area contributed by atoms with Gasteiger partial charge in [-0.3, -0.25) is 14.5 Å². The molecule has 0 unspecified atom stereocenters. The summed E-state index contributed by atoms with van der Waals surface area (Å²) >= 11 is 13.9. The van der Waals surface area contributed by atoms with Crippen molar-refractivity contribution in [2.45, 2.75) is 13.3 Å². The van der Waals surface area contributed by atoms with E-state index in [1.54, 1.807) is 12.1 Å². The zero-order valence-electron chi connectivity index (χ0n) is 18.2. The summed E-state index contributed by atoms with van der Waals surface area (Å²) in [6.45, 7) is 2.16.